The molecule has 3 unspecified atom stereocenters. The molecule has 0 amide bonds. The lowest BCUT2D eigenvalue weighted by molar-refractivity contribution is -0.161. The largest absolute Gasteiger partial charge is 0.472 e. The van der Waals surface area contributed by atoms with Gasteiger partial charge in [0.25, 0.3) is 0 Å². The highest BCUT2D eigenvalue weighted by Gasteiger charge is 2.31. The number of hydrogen-bond donors (Lipinski definition) is 3. The number of unbranched alkanes of at least 4 members (excludes halogenated alkanes) is 54. The van der Waals surface area contributed by atoms with E-state index in [4.69, 9.17) is 37.0 Å². The highest BCUT2D eigenvalue weighted by molar-refractivity contribution is 7.47. The normalized spacial score (nSPS) is 14.1. The van der Waals surface area contributed by atoms with Gasteiger partial charge in [0.1, 0.15) is 19.3 Å². The first-order valence-electron chi connectivity index (χ1n) is 45.9. The Morgan fingerprint density at radius 1 is 0.269 bits per heavy atom. The second-order valence-electron chi connectivity index (χ2n) is 33.2. The van der Waals surface area contributed by atoms with Crippen molar-refractivity contribution in [2.45, 2.75) is 491 Å². The fourth-order valence-corrected chi connectivity index (χ4v) is 15.4. The topological polar surface area (TPSA) is 237 Å². The van der Waals surface area contributed by atoms with Gasteiger partial charge in [-0.2, -0.15) is 0 Å². The van der Waals surface area contributed by atoms with E-state index < -0.39 is 97.5 Å². The van der Waals surface area contributed by atoms with Crippen molar-refractivity contribution < 1.29 is 80.2 Å². The van der Waals surface area contributed by atoms with Crippen LogP contribution in [0.15, 0.2) is 0 Å². The summed E-state index contributed by atoms with van der Waals surface area (Å²) in [6.07, 6.45) is 71.0. The molecule has 0 rings (SSSR count). The molecule has 17 nitrogen and oxygen atoms in total. The standard InChI is InChI=1S/C89H174O17P2/c1-8-10-11-12-13-14-15-16-17-18-19-20-21-22-27-30-33-36-42-51-58-65-72-88(93)105-84(76-99-86(91)70-63-56-49-41-35-32-29-26-24-23-25-28-31-34-39-46-53-60-67-80(3)4)78-103-107(95,96)101-74-83(90)75-102-108(97,98)104-79-85(77-100-87(92)71-64-57-50-45-44-47-54-61-68-81(5)6)106-89(94)73-66-59-52-43-38-37-40-48-55-62-69-82(7)9-2/h80-85,90H,8-79H2,1-7H3,(H,95,96)(H,97,98)/t82?,83-,84-,85-/m1/s1. The lowest BCUT2D eigenvalue weighted by Crippen LogP contribution is -2.30. The Morgan fingerprint density at radius 3 is 0.704 bits per heavy atom. The summed E-state index contributed by atoms with van der Waals surface area (Å²) in [6.45, 7) is 12.0. The fourth-order valence-electron chi connectivity index (χ4n) is 13.9. The van der Waals surface area contributed by atoms with Crippen LogP contribution < -0.4 is 0 Å². The molecule has 3 N–H and O–H groups in total. The van der Waals surface area contributed by atoms with Gasteiger partial charge in [-0.05, 0) is 43.4 Å². The monoisotopic (exact) mass is 1580 g/mol. The molecule has 0 heterocycles. The van der Waals surface area contributed by atoms with E-state index in [0.717, 1.165) is 108 Å². The third-order valence-corrected chi connectivity index (χ3v) is 23.1. The number of rotatable bonds is 87. The van der Waals surface area contributed by atoms with E-state index in [2.05, 4.69) is 48.5 Å². The maximum atomic E-state index is 13.2. The van der Waals surface area contributed by atoms with Crippen molar-refractivity contribution in [2.24, 2.45) is 17.8 Å². The zero-order valence-corrected chi connectivity index (χ0v) is 73.1. The Balaban J connectivity index is 5.22. The molecular formula is C89H174O17P2. The zero-order chi connectivity index (χ0) is 79.3. The van der Waals surface area contributed by atoms with E-state index in [1.807, 2.05) is 0 Å². The maximum absolute atomic E-state index is 13.2. The van der Waals surface area contributed by atoms with Crippen molar-refractivity contribution in [1.82, 2.24) is 0 Å². The van der Waals surface area contributed by atoms with E-state index in [1.165, 1.54) is 283 Å². The fraction of sp³-hybridized carbons (Fsp3) is 0.955. The Kier molecular flexibility index (Phi) is 77.5. The number of carbonyl (C=O) groups is 4. The third kappa shape index (κ3) is 80.7. The van der Waals surface area contributed by atoms with Crippen molar-refractivity contribution in [3.63, 3.8) is 0 Å². The Bertz CT molecular complexity index is 2080. The van der Waals surface area contributed by atoms with E-state index in [9.17, 15) is 43.2 Å². The summed E-state index contributed by atoms with van der Waals surface area (Å²) in [7, 11) is -9.93. The lowest BCUT2D eigenvalue weighted by atomic mass is 9.99. The Labute approximate surface area is 664 Å². The molecule has 0 spiro atoms. The van der Waals surface area contributed by atoms with Gasteiger partial charge in [0, 0.05) is 25.7 Å². The average molecular weight is 1580 g/mol. The minimum absolute atomic E-state index is 0.106. The van der Waals surface area contributed by atoms with Crippen molar-refractivity contribution in [3.8, 4) is 0 Å². The molecule has 0 aliphatic carbocycles. The van der Waals surface area contributed by atoms with Gasteiger partial charge in [-0.25, -0.2) is 9.13 Å². The molecular weight excluding hydrogens is 1400 g/mol. The first-order valence-corrected chi connectivity index (χ1v) is 48.9. The summed E-state index contributed by atoms with van der Waals surface area (Å²) in [6, 6.07) is 0. The zero-order valence-electron chi connectivity index (χ0n) is 71.3. The SMILES string of the molecule is CCCCCCCCCCCCCCCCCCCCCCCCC(=O)O[C@H](COC(=O)CCCCCCCCCCCCCCCCCCCCC(C)C)COP(=O)(O)OC[C@@H](O)COP(=O)(O)OC[C@@H](COC(=O)CCCCCCCCCCC(C)C)OC(=O)CCCCCCCCCCCCC(C)CC. The molecule has 0 aliphatic heterocycles. The van der Waals surface area contributed by atoms with Gasteiger partial charge in [0.15, 0.2) is 12.2 Å². The van der Waals surface area contributed by atoms with Crippen LogP contribution in [0, 0.1) is 17.8 Å². The number of aliphatic hydroxyl groups excluding tert-OH is 1. The summed E-state index contributed by atoms with van der Waals surface area (Å²) in [5.41, 5.74) is 0. The van der Waals surface area contributed by atoms with Crippen LogP contribution in [0.3, 0.4) is 0 Å². The molecule has 642 valence electrons. The molecule has 0 fully saturated rings. The summed E-state index contributed by atoms with van der Waals surface area (Å²) in [5.74, 6) is 0.249. The molecule has 19 heteroatoms. The minimum Gasteiger partial charge on any atom is -0.462 e. The summed E-state index contributed by atoms with van der Waals surface area (Å²) in [4.78, 5) is 73.3. The molecule has 0 saturated heterocycles. The molecule has 0 radical (unpaired) electrons. The number of esters is 4. The first-order chi connectivity index (χ1) is 52.3. The second-order valence-corrected chi connectivity index (χ2v) is 36.1. The Morgan fingerprint density at radius 2 is 0.472 bits per heavy atom. The van der Waals surface area contributed by atoms with Gasteiger partial charge in [-0.1, -0.05) is 421 Å². The van der Waals surface area contributed by atoms with Crippen molar-refractivity contribution >= 4 is 39.5 Å². The smallest absolute Gasteiger partial charge is 0.462 e. The third-order valence-electron chi connectivity index (χ3n) is 21.2. The predicted octanol–water partition coefficient (Wildman–Crippen LogP) is 27.3. The number of ether oxygens (including phenoxy) is 4. The quantitative estimate of drug-likeness (QED) is 0.0222. The van der Waals surface area contributed by atoms with Crippen LogP contribution in [0.5, 0.6) is 0 Å². The lowest BCUT2D eigenvalue weighted by Gasteiger charge is -2.21. The summed E-state index contributed by atoms with van der Waals surface area (Å²) < 4.78 is 69.0. The van der Waals surface area contributed by atoms with Gasteiger partial charge >= 0.3 is 39.5 Å². The van der Waals surface area contributed by atoms with Crippen molar-refractivity contribution in [1.29, 1.82) is 0 Å². The molecule has 0 aliphatic rings. The maximum Gasteiger partial charge on any atom is 0.472 e. The van der Waals surface area contributed by atoms with E-state index in [1.54, 1.807) is 0 Å². The van der Waals surface area contributed by atoms with E-state index in [0.29, 0.717) is 25.7 Å². The molecule has 0 bridgehead atoms. The number of phosphoric acid groups is 2. The van der Waals surface area contributed by atoms with Crippen molar-refractivity contribution in [2.75, 3.05) is 39.6 Å². The van der Waals surface area contributed by atoms with Gasteiger partial charge in [0.05, 0.1) is 26.4 Å². The van der Waals surface area contributed by atoms with Crippen molar-refractivity contribution in [3.05, 3.63) is 0 Å². The molecule has 6 atom stereocenters. The number of aliphatic hydroxyl groups is 1. The molecule has 0 aromatic carbocycles. The highest BCUT2D eigenvalue weighted by atomic mass is 31.2. The second kappa shape index (κ2) is 78.9. The van der Waals surface area contributed by atoms with Crippen LogP contribution in [0.4, 0.5) is 0 Å². The van der Waals surface area contributed by atoms with E-state index >= 15 is 0 Å². The van der Waals surface area contributed by atoms with Gasteiger partial charge in [-0.15, -0.1) is 0 Å². The molecule has 0 aromatic rings. The minimum atomic E-state index is -4.97. The molecule has 0 aromatic heterocycles. The number of hydrogen-bond acceptors (Lipinski definition) is 15. The predicted molar refractivity (Wildman–Crippen MR) is 446 cm³/mol. The van der Waals surface area contributed by atoms with Crippen LogP contribution in [0.25, 0.3) is 0 Å². The van der Waals surface area contributed by atoms with Gasteiger partial charge in [-0.3, -0.25) is 37.3 Å². The van der Waals surface area contributed by atoms with Crippen LogP contribution in [0.2, 0.25) is 0 Å². The van der Waals surface area contributed by atoms with Gasteiger partial charge in [0.2, 0.25) is 0 Å². The molecule has 108 heavy (non-hydrogen) atoms. The van der Waals surface area contributed by atoms with E-state index in [-0.39, 0.29) is 25.7 Å². The highest BCUT2D eigenvalue weighted by Crippen LogP contribution is 2.45. The van der Waals surface area contributed by atoms with Crippen LogP contribution in [0.1, 0.15) is 472 Å². The number of carbonyl (C=O) groups excluding carboxylic acids is 4. The van der Waals surface area contributed by atoms with Crippen LogP contribution >= 0.6 is 15.6 Å². The van der Waals surface area contributed by atoms with Gasteiger partial charge < -0.3 is 33.8 Å². The number of phosphoric ester groups is 2. The van der Waals surface area contributed by atoms with Crippen LogP contribution in [-0.2, 0) is 65.4 Å². The van der Waals surface area contributed by atoms with Crippen LogP contribution in [-0.4, -0.2) is 96.7 Å². The summed E-state index contributed by atoms with van der Waals surface area (Å²) >= 11 is 0. The first kappa shape index (κ1) is 106. The average Bonchev–Trinajstić information content (AvgIpc) is 0.900. The summed E-state index contributed by atoms with van der Waals surface area (Å²) in [5, 5.41) is 10.7. The molecule has 0 saturated carbocycles. The Hall–Kier alpha value is -1.94.